The van der Waals surface area contributed by atoms with E-state index in [9.17, 15) is 5.26 Å². The zero-order valence-corrected chi connectivity index (χ0v) is 14.0. The minimum atomic E-state index is -0.461. The molecule has 1 N–H and O–H groups in total. The fourth-order valence-corrected chi connectivity index (χ4v) is 3.14. The van der Waals surface area contributed by atoms with Crippen molar-refractivity contribution in [3.8, 4) is 6.07 Å². The molecule has 3 nitrogen and oxygen atoms in total. The van der Waals surface area contributed by atoms with Crippen molar-refractivity contribution in [3.63, 3.8) is 0 Å². The van der Waals surface area contributed by atoms with Gasteiger partial charge in [0.1, 0.15) is 5.54 Å². The van der Waals surface area contributed by atoms with Crippen LogP contribution in [-0.4, -0.2) is 22.3 Å². The van der Waals surface area contributed by atoms with Crippen LogP contribution in [0.25, 0.3) is 0 Å². The Bertz CT molecular complexity index is 429. The topological polar surface area (TPSA) is 48.7 Å². The number of nitrogens with one attached hydrogen (secondary N) is 1. The maximum Gasteiger partial charge on any atom is 0.104 e. The first kappa shape index (κ1) is 16.5. The van der Waals surface area contributed by atoms with E-state index in [-0.39, 0.29) is 0 Å². The zero-order chi connectivity index (χ0) is 14.3. The zero-order valence-electron chi connectivity index (χ0n) is 11.6. The van der Waals surface area contributed by atoms with Crippen LogP contribution in [0.15, 0.2) is 27.8 Å². The highest BCUT2D eigenvalue weighted by Crippen LogP contribution is 2.27. The lowest BCUT2D eigenvalue weighted by molar-refractivity contribution is 0.418. The van der Waals surface area contributed by atoms with Crippen LogP contribution < -0.4 is 5.32 Å². The van der Waals surface area contributed by atoms with Gasteiger partial charge in [0.25, 0.3) is 0 Å². The molecule has 0 aliphatic carbocycles. The summed E-state index contributed by atoms with van der Waals surface area (Å²) in [5, 5.41) is 14.0. The molecule has 0 aliphatic heterocycles. The van der Waals surface area contributed by atoms with Gasteiger partial charge in [-0.2, -0.15) is 5.26 Å². The Kier molecular flexibility index (Phi) is 6.84. The van der Waals surface area contributed by atoms with E-state index >= 15 is 0 Å². The van der Waals surface area contributed by atoms with Crippen LogP contribution in [0.4, 0.5) is 0 Å². The Labute approximate surface area is 128 Å². The van der Waals surface area contributed by atoms with E-state index in [0.717, 1.165) is 28.9 Å². The van der Waals surface area contributed by atoms with Gasteiger partial charge in [0.15, 0.2) is 0 Å². The molecule has 0 radical (unpaired) electrons. The molecule has 1 aromatic heterocycles. The van der Waals surface area contributed by atoms with Crippen LogP contribution in [0.5, 0.6) is 0 Å². The number of hydrogen-bond acceptors (Lipinski definition) is 4. The maximum atomic E-state index is 9.32. The molecule has 0 amide bonds. The fourth-order valence-electron chi connectivity index (χ4n) is 1.81. The molecule has 5 heteroatoms. The third-order valence-electron chi connectivity index (χ3n) is 2.73. The summed E-state index contributed by atoms with van der Waals surface area (Å²) < 4.78 is 0.982. The smallest absolute Gasteiger partial charge is 0.104 e. The summed E-state index contributed by atoms with van der Waals surface area (Å²) in [4.78, 5) is 4.35. The number of pyridine rings is 1. The Balaban J connectivity index is 2.56. The van der Waals surface area contributed by atoms with Crippen LogP contribution in [0.1, 0.15) is 33.6 Å². The molecule has 1 heterocycles. The molecule has 2 unspecified atom stereocenters. The lowest BCUT2D eigenvalue weighted by Crippen LogP contribution is -2.43. The van der Waals surface area contributed by atoms with E-state index in [1.807, 2.05) is 19.1 Å². The molecule has 0 spiro atoms. The number of nitriles is 1. The van der Waals surface area contributed by atoms with Crippen molar-refractivity contribution in [1.82, 2.24) is 10.3 Å². The predicted molar refractivity (Wildman–Crippen MR) is 84.2 cm³/mol. The van der Waals surface area contributed by atoms with Crippen molar-refractivity contribution in [3.05, 3.63) is 22.8 Å². The summed E-state index contributed by atoms with van der Waals surface area (Å²) in [7, 11) is 0. The van der Waals surface area contributed by atoms with Gasteiger partial charge in [-0.05, 0) is 54.4 Å². The monoisotopic (exact) mass is 341 g/mol. The number of rotatable bonds is 7. The molecule has 2 atom stereocenters. The number of aromatic nitrogens is 1. The summed E-state index contributed by atoms with van der Waals surface area (Å²) in [5.41, 5.74) is -0.461. The van der Waals surface area contributed by atoms with Crippen LogP contribution >= 0.6 is 27.7 Å². The van der Waals surface area contributed by atoms with E-state index < -0.39 is 5.54 Å². The largest absolute Gasteiger partial charge is 0.300 e. The van der Waals surface area contributed by atoms with Gasteiger partial charge in [-0.15, -0.1) is 11.8 Å². The highest BCUT2D eigenvalue weighted by molar-refractivity contribution is 9.10. The van der Waals surface area contributed by atoms with E-state index in [4.69, 9.17) is 0 Å². The van der Waals surface area contributed by atoms with Crippen molar-refractivity contribution in [2.45, 2.75) is 49.4 Å². The van der Waals surface area contributed by atoms with Crippen LogP contribution in [-0.2, 0) is 0 Å². The van der Waals surface area contributed by atoms with Crippen LogP contribution in [0.3, 0.4) is 0 Å². The first-order valence-corrected chi connectivity index (χ1v) is 8.11. The minimum Gasteiger partial charge on any atom is -0.300 e. The molecule has 19 heavy (non-hydrogen) atoms. The second-order valence-electron chi connectivity index (χ2n) is 4.82. The second-order valence-corrected chi connectivity index (χ2v) is 7.19. The molecule has 0 saturated carbocycles. The Morgan fingerprint density at radius 3 is 2.84 bits per heavy atom. The van der Waals surface area contributed by atoms with Gasteiger partial charge in [-0.25, -0.2) is 4.98 Å². The standard InChI is InChI=1S/C14H20BrN3S/c1-4-7-18-14(3,10-16)8-11(2)19-13-6-5-12(15)9-17-13/h5-6,9,11,18H,4,7-8H2,1-3H3. The number of halogens is 1. The first-order chi connectivity index (χ1) is 8.99. The van der Waals surface area contributed by atoms with Crippen molar-refractivity contribution < 1.29 is 0 Å². The average molecular weight is 342 g/mol. The number of nitrogens with zero attached hydrogens (tertiary/aromatic N) is 2. The van der Waals surface area contributed by atoms with Crippen molar-refractivity contribution in [2.24, 2.45) is 0 Å². The summed E-state index contributed by atoms with van der Waals surface area (Å²) in [6.45, 7) is 7.08. The molecule has 104 valence electrons. The van der Waals surface area contributed by atoms with Gasteiger partial charge in [0.05, 0.1) is 11.1 Å². The van der Waals surface area contributed by atoms with Gasteiger partial charge in [-0.1, -0.05) is 13.8 Å². The molecule has 0 bridgehead atoms. The highest BCUT2D eigenvalue weighted by Gasteiger charge is 2.26. The maximum absolute atomic E-state index is 9.32. The molecule has 1 rings (SSSR count). The van der Waals surface area contributed by atoms with Gasteiger partial charge in [0.2, 0.25) is 0 Å². The Hall–Kier alpha value is -0.570. The molecule has 0 aromatic carbocycles. The lowest BCUT2D eigenvalue weighted by Gasteiger charge is -2.26. The Morgan fingerprint density at radius 1 is 1.58 bits per heavy atom. The highest BCUT2D eigenvalue weighted by atomic mass is 79.9. The molecule has 0 fully saturated rings. The summed E-state index contributed by atoms with van der Waals surface area (Å²) in [6, 6.07) is 6.37. The van der Waals surface area contributed by atoms with Crippen LogP contribution in [0, 0.1) is 11.3 Å². The van der Waals surface area contributed by atoms with Gasteiger partial charge in [0, 0.05) is 15.9 Å². The normalized spacial score (nSPS) is 15.5. The number of hydrogen-bond donors (Lipinski definition) is 1. The summed E-state index contributed by atoms with van der Waals surface area (Å²) >= 11 is 5.08. The fraction of sp³-hybridized carbons (Fsp3) is 0.571. The van der Waals surface area contributed by atoms with Crippen molar-refractivity contribution in [2.75, 3.05) is 6.54 Å². The third-order valence-corrected chi connectivity index (χ3v) is 4.25. The molecule has 0 aliphatic rings. The molecule has 1 aromatic rings. The molecular formula is C14H20BrN3S. The predicted octanol–water partition coefficient (Wildman–Crippen LogP) is 4.00. The third kappa shape index (κ3) is 5.94. The Morgan fingerprint density at radius 2 is 2.32 bits per heavy atom. The van der Waals surface area contributed by atoms with E-state index in [2.05, 4.69) is 46.1 Å². The van der Waals surface area contributed by atoms with E-state index in [1.54, 1.807) is 18.0 Å². The van der Waals surface area contributed by atoms with E-state index in [0.29, 0.717) is 5.25 Å². The first-order valence-electron chi connectivity index (χ1n) is 6.43. The number of thioether (sulfide) groups is 1. The summed E-state index contributed by atoms with van der Waals surface area (Å²) in [6.07, 6.45) is 3.63. The van der Waals surface area contributed by atoms with Gasteiger partial charge < -0.3 is 0 Å². The van der Waals surface area contributed by atoms with Crippen molar-refractivity contribution in [1.29, 1.82) is 5.26 Å². The van der Waals surface area contributed by atoms with Gasteiger partial charge >= 0.3 is 0 Å². The average Bonchev–Trinajstić information content (AvgIpc) is 2.39. The molecular weight excluding hydrogens is 322 g/mol. The van der Waals surface area contributed by atoms with Crippen molar-refractivity contribution >= 4 is 27.7 Å². The molecule has 0 saturated heterocycles. The lowest BCUT2D eigenvalue weighted by atomic mass is 9.98. The van der Waals surface area contributed by atoms with E-state index in [1.165, 1.54) is 0 Å². The van der Waals surface area contributed by atoms with Gasteiger partial charge in [-0.3, -0.25) is 5.32 Å². The SMILES string of the molecule is CCCNC(C)(C#N)CC(C)Sc1ccc(Br)cn1. The summed E-state index contributed by atoms with van der Waals surface area (Å²) in [5.74, 6) is 0. The minimum absolute atomic E-state index is 0.336. The second kappa shape index (κ2) is 7.88. The quantitative estimate of drug-likeness (QED) is 0.761. The van der Waals surface area contributed by atoms with Crippen LogP contribution in [0.2, 0.25) is 0 Å².